The largest absolute Gasteiger partial charge is 0.340 e. The highest BCUT2D eigenvalue weighted by molar-refractivity contribution is 5.95. The van der Waals surface area contributed by atoms with Gasteiger partial charge in [0.25, 0.3) is 0 Å². The van der Waals surface area contributed by atoms with Crippen molar-refractivity contribution in [2.24, 2.45) is 5.92 Å². The van der Waals surface area contributed by atoms with Gasteiger partial charge in [0, 0.05) is 38.3 Å². The van der Waals surface area contributed by atoms with Crippen LogP contribution in [0.4, 0.5) is 10.1 Å². The molecule has 2 aromatic rings. The van der Waals surface area contributed by atoms with E-state index in [1.54, 1.807) is 12.1 Å². The van der Waals surface area contributed by atoms with Crippen LogP contribution in [0.1, 0.15) is 37.7 Å². The zero-order valence-electron chi connectivity index (χ0n) is 18.5. The van der Waals surface area contributed by atoms with Crippen LogP contribution in [0, 0.1) is 11.7 Å². The van der Waals surface area contributed by atoms with Crippen molar-refractivity contribution in [1.29, 1.82) is 0 Å². The first kappa shape index (κ1) is 22.5. The number of nitrogens with zero attached hydrogens (tertiary/aromatic N) is 2. The molecule has 32 heavy (non-hydrogen) atoms. The molecule has 5 nitrogen and oxygen atoms in total. The van der Waals surface area contributed by atoms with Crippen molar-refractivity contribution in [2.45, 2.75) is 44.6 Å². The van der Waals surface area contributed by atoms with E-state index in [9.17, 15) is 14.0 Å². The van der Waals surface area contributed by atoms with Crippen LogP contribution in [0.15, 0.2) is 54.6 Å². The SMILES string of the molecule is O=C(Nc1ccc(F)cc1)C(C1CCCC1)N1CCN(C(=O)CCc2ccccc2)CC1. The van der Waals surface area contributed by atoms with Crippen molar-refractivity contribution in [1.82, 2.24) is 9.80 Å². The lowest BCUT2D eigenvalue weighted by Crippen LogP contribution is -2.57. The second-order valence-corrected chi connectivity index (χ2v) is 8.89. The van der Waals surface area contributed by atoms with Crippen molar-refractivity contribution in [3.63, 3.8) is 0 Å². The van der Waals surface area contributed by atoms with Crippen molar-refractivity contribution >= 4 is 17.5 Å². The number of halogens is 1. The summed E-state index contributed by atoms with van der Waals surface area (Å²) in [5.41, 5.74) is 1.80. The topological polar surface area (TPSA) is 52.7 Å². The fourth-order valence-corrected chi connectivity index (χ4v) is 5.00. The van der Waals surface area contributed by atoms with E-state index in [-0.39, 0.29) is 23.7 Å². The van der Waals surface area contributed by atoms with E-state index in [1.165, 1.54) is 17.7 Å². The molecule has 6 heteroatoms. The maximum atomic E-state index is 13.2. The highest BCUT2D eigenvalue weighted by atomic mass is 19.1. The van der Waals surface area contributed by atoms with Crippen LogP contribution >= 0.6 is 0 Å². The Morgan fingerprint density at radius 2 is 1.59 bits per heavy atom. The van der Waals surface area contributed by atoms with Crippen molar-refractivity contribution in [2.75, 3.05) is 31.5 Å². The number of hydrogen-bond donors (Lipinski definition) is 1. The smallest absolute Gasteiger partial charge is 0.242 e. The Hall–Kier alpha value is -2.73. The number of benzene rings is 2. The lowest BCUT2D eigenvalue weighted by atomic mass is 9.94. The van der Waals surface area contributed by atoms with E-state index in [4.69, 9.17) is 0 Å². The Bertz CT molecular complexity index is 889. The van der Waals surface area contributed by atoms with Crippen LogP contribution in [0.2, 0.25) is 0 Å². The summed E-state index contributed by atoms with van der Waals surface area (Å²) in [7, 11) is 0. The highest BCUT2D eigenvalue weighted by Crippen LogP contribution is 2.31. The first-order valence-electron chi connectivity index (χ1n) is 11.7. The van der Waals surface area contributed by atoms with Gasteiger partial charge in [0.1, 0.15) is 5.82 Å². The zero-order valence-corrected chi connectivity index (χ0v) is 18.5. The average molecular weight is 438 g/mol. The molecule has 1 unspecified atom stereocenters. The fraction of sp³-hybridized carbons (Fsp3) is 0.462. The average Bonchev–Trinajstić information content (AvgIpc) is 3.34. The van der Waals surface area contributed by atoms with E-state index in [0.717, 1.165) is 32.1 Å². The summed E-state index contributed by atoms with van der Waals surface area (Å²) in [5.74, 6) is 0.174. The third kappa shape index (κ3) is 5.74. The van der Waals surface area contributed by atoms with Gasteiger partial charge in [-0.25, -0.2) is 4.39 Å². The monoisotopic (exact) mass is 437 g/mol. The van der Waals surface area contributed by atoms with Crippen LogP contribution in [0.5, 0.6) is 0 Å². The summed E-state index contributed by atoms with van der Waals surface area (Å²) in [6.45, 7) is 2.71. The molecule has 2 fully saturated rings. The normalized spacial score (nSPS) is 18.5. The number of carbonyl (C=O) groups is 2. The van der Waals surface area contributed by atoms with Crippen LogP contribution in [0.3, 0.4) is 0 Å². The molecule has 2 amide bonds. The number of hydrogen-bond acceptors (Lipinski definition) is 3. The van der Waals surface area contributed by atoms with Crippen molar-refractivity contribution < 1.29 is 14.0 Å². The van der Waals surface area contributed by atoms with Gasteiger partial charge in [0.15, 0.2) is 0 Å². The van der Waals surface area contributed by atoms with Gasteiger partial charge in [-0.1, -0.05) is 43.2 Å². The lowest BCUT2D eigenvalue weighted by molar-refractivity contribution is -0.134. The van der Waals surface area contributed by atoms with Crippen LogP contribution in [-0.4, -0.2) is 53.8 Å². The van der Waals surface area contributed by atoms with Gasteiger partial charge in [-0.15, -0.1) is 0 Å². The van der Waals surface area contributed by atoms with E-state index in [2.05, 4.69) is 22.3 Å². The van der Waals surface area contributed by atoms with Crippen LogP contribution < -0.4 is 5.32 Å². The van der Waals surface area contributed by atoms with Crippen LogP contribution in [0.25, 0.3) is 0 Å². The first-order chi connectivity index (χ1) is 15.6. The molecule has 0 radical (unpaired) electrons. The molecule has 0 bridgehead atoms. The summed E-state index contributed by atoms with van der Waals surface area (Å²) in [6.07, 6.45) is 5.69. The second-order valence-electron chi connectivity index (χ2n) is 8.89. The van der Waals surface area contributed by atoms with Crippen LogP contribution in [-0.2, 0) is 16.0 Å². The van der Waals surface area contributed by atoms with Crippen molar-refractivity contribution in [3.8, 4) is 0 Å². The van der Waals surface area contributed by atoms with Gasteiger partial charge >= 0.3 is 0 Å². The van der Waals surface area contributed by atoms with Crippen molar-refractivity contribution in [3.05, 3.63) is 66.0 Å². The molecule has 1 aliphatic carbocycles. The van der Waals surface area contributed by atoms with Gasteiger partial charge in [-0.2, -0.15) is 0 Å². The lowest BCUT2D eigenvalue weighted by Gasteiger charge is -2.40. The second kappa shape index (κ2) is 10.7. The number of anilines is 1. The molecule has 0 spiro atoms. The molecule has 1 heterocycles. The summed E-state index contributed by atoms with van der Waals surface area (Å²) >= 11 is 0. The van der Waals surface area contributed by atoms with Gasteiger partial charge in [0.2, 0.25) is 11.8 Å². The number of aryl methyl sites for hydroxylation is 1. The van der Waals surface area contributed by atoms with E-state index >= 15 is 0 Å². The number of amides is 2. The quantitative estimate of drug-likeness (QED) is 0.710. The predicted molar refractivity (Wildman–Crippen MR) is 124 cm³/mol. The molecule has 2 aliphatic rings. The Morgan fingerprint density at radius 1 is 0.938 bits per heavy atom. The minimum absolute atomic E-state index is 0.0210. The molecule has 170 valence electrons. The maximum absolute atomic E-state index is 13.2. The summed E-state index contributed by atoms with van der Waals surface area (Å²) in [4.78, 5) is 30.1. The molecule has 1 N–H and O–H groups in total. The number of rotatable bonds is 7. The third-order valence-corrected chi connectivity index (χ3v) is 6.76. The number of nitrogens with one attached hydrogen (secondary N) is 1. The Labute approximate surface area is 189 Å². The molecule has 4 rings (SSSR count). The van der Waals surface area contributed by atoms with Gasteiger partial charge in [-0.05, 0) is 55.0 Å². The Balaban J connectivity index is 1.34. The standard InChI is InChI=1S/C26H32FN3O2/c27-22-11-13-23(14-12-22)28-26(32)25(21-8-4-5-9-21)30-18-16-29(17-19-30)24(31)15-10-20-6-2-1-3-7-20/h1-3,6-7,11-14,21,25H,4-5,8-10,15-19H2,(H,28,32). The number of piperazine rings is 1. The molecular weight excluding hydrogens is 405 g/mol. The predicted octanol–water partition coefficient (Wildman–Crippen LogP) is 4.10. The van der Waals surface area contributed by atoms with E-state index in [0.29, 0.717) is 44.2 Å². The van der Waals surface area contributed by atoms with Gasteiger partial charge in [0.05, 0.1) is 6.04 Å². The van der Waals surface area contributed by atoms with Gasteiger partial charge < -0.3 is 10.2 Å². The van der Waals surface area contributed by atoms with E-state index < -0.39 is 0 Å². The Morgan fingerprint density at radius 3 is 2.25 bits per heavy atom. The summed E-state index contributed by atoms with van der Waals surface area (Å²) in [5, 5.41) is 2.99. The number of carbonyl (C=O) groups excluding carboxylic acids is 2. The first-order valence-corrected chi connectivity index (χ1v) is 11.7. The van der Waals surface area contributed by atoms with E-state index in [1.807, 2.05) is 23.1 Å². The summed E-state index contributed by atoms with van der Waals surface area (Å²) < 4.78 is 13.2. The molecule has 1 aliphatic heterocycles. The van der Waals surface area contributed by atoms with Gasteiger partial charge in [-0.3, -0.25) is 14.5 Å². The zero-order chi connectivity index (χ0) is 22.3. The fourth-order valence-electron chi connectivity index (χ4n) is 5.00. The maximum Gasteiger partial charge on any atom is 0.242 e. The Kier molecular flexibility index (Phi) is 7.53. The molecular formula is C26H32FN3O2. The molecule has 1 saturated carbocycles. The third-order valence-electron chi connectivity index (χ3n) is 6.76. The highest BCUT2D eigenvalue weighted by Gasteiger charge is 2.37. The molecule has 1 saturated heterocycles. The molecule has 1 atom stereocenters. The molecule has 2 aromatic carbocycles. The summed E-state index contributed by atoms with van der Waals surface area (Å²) in [6, 6.07) is 15.8. The minimum Gasteiger partial charge on any atom is -0.340 e. The minimum atomic E-state index is -0.316. The molecule has 0 aromatic heterocycles.